The molecule has 5 nitrogen and oxygen atoms in total. The predicted molar refractivity (Wildman–Crippen MR) is 110 cm³/mol. The molecule has 152 valence electrons. The summed E-state index contributed by atoms with van der Waals surface area (Å²) in [5.41, 5.74) is 2.38. The van der Waals surface area contributed by atoms with Crippen LogP contribution < -0.4 is 4.90 Å². The molecule has 0 saturated carbocycles. The van der Waals surface area contributed by atoms with Gasteiger partial charge in [0.25, 0.3) is 5.91 Å². The highest BCUT2D eigenvalue weighted by Gasteiger charge is 2.25. The first-order valence-corrected chi connectivity index (χ1v) is 9.12. The van der Waals surface area contributed by atoms with Crippen molar-refractivity contribution in [1.29, 1.82) is 0 Å². The van der Waals surface area contributed by atoms with Crippen molar-refractivity contribution in [2.75, 3.05) is 31.1 Å². The third-order valence-electron chi connectivity index (χ3n) is 4.95. The van der Waals surface area contributed by atoms with E-state index in [-0.39, 0.29) is 23.9 Å². The number of amides is 1. The minimum absolute atomic E-state index is 0. The molecular formula is C21H21ClF2N4O. The van der Waals surface area contributed by atoms with Crippen LogP contribution in [0.15, 0.2) is 54.9 Å². The number of aryl methyl sites for hydroxylation is 1. The SMILES string of the molecule is Cc1ccc(-n2ccnc2N2CCN(C(=O)c3ccc(F)c(F)c3)CC2)cc1.Cl. The smallest absolute Gasteiger partial charge is 0.254 e. The zero-order valence-corrected chi connectivity index (χ0v) is 16.7. The predicted octanol–water partition coefficient (Wildman–Crippen LogP) is 3.84. The maximum atomic E-state index is 13.4. The molecule has 0 spiro atoms. The molecule has 4 rings (SSSR count). The molecular weight excluding hydrogens is 398 g/mol. The minimum Gasteiger partial charge on any atom is -0.338 e. The summed E-state index contributed by atoms with van der Waals surface area (Å²) in [6.45, 7) is 4.23. The number of piperazine rings is 1. The molecule has 1 saturated heterocycles. The van der Waals surface area contributed by atoms with Crippen LogP contribution in [-0.2, 0) is 0 Å². The Balaban J connectivity index is 0.00000240. The highest BCUT2D eigenvalue weighted by molar-refractivity contribution is 5.94. The average Bonchev–Trinajstić information content (AvgIpc) is 3.20. The van der Waals surface area contributed by atoms with Gasteiger partial charge in [-0.3, -0.25) is 9.36 Å². The minimum atomic E-state index is -1.01. The summed E-state index contributed by atoms with van der Waals surface area (Å²) >= 11 is 0. The first-order valence-electron chi connectivity index (χ1n) is 9.12. The lowest BCUT2D eigenvalue weighted by Crippen LogP contribution is -2.49. The highest BCUT2D eigenvalue weighted by Crippen LogP contribution is 2.21. The van der Waals surface area contributed by atoms with Crippen LogP contribution in [0.2, 0.25) is 0 Å². The number of rotatable bonds is 3. The van der Waals surface area contributed by atoms with E-state index >= 15 is 0 Å². The number of hydrogen-bond acceptors (Lipinski definition) is 3. The number of hydrogen-bond donors (Lipinski definition) is 0. The lowest BCUT2D eigenvalue weighted by atomic mass is 10.1. The fourth-order valence-corrected chi connectivity index (χ4v) is 3.36. The van der Waals surface area contributed by atoms with Gasteiger partial charge in [-0.25, -0.2) is 13.8 Å². The summed E-state index contributed by atoms with van der Waals surface area (Å²) in [6, 6.07) is 11.4. The first-order chi connectivity index (χ1) is 13.5. The summed E-state index contributed by atoms with van der Waals surface area (Å²) in [5.74, 6) is -1.43. The van der Waals surface area contributed by atoms with E-state index in [0.29, 0.717) is 26.2 Å². The topological polar surface area (TPSA) is 41.4 Å². The van der Waals surface area contributed by atoms with Gasteiger partial charge in [-0.1, -0.05) is 17.7 Å². The van der Waals surface area contributed by atoms with Crippen molar-refractivity contribution in [1.82, 2.24) is 14.5 Å². The van der Waals surface area contributed by atoms with Crippen molar-refractivity contribution in [3.8, 4) is 5.69 Å². The van der Waals surface area contributed by atoms with E-state index in [1.807, 2.05) is 29.8 Å². The van der Waals surface area contributed by atoms with E-state index in [0.717, 1.165) is 23.8 Å². The number of anilines is 1. The summed E-state index contributed by atoms with van der Waals surface area (Å²) < 4.78 is 28.5. The molecule has 29 heavy (non-hydrogen) atoms. The van der Waals surface area contributed by atoms with Crippen LogP contribution in [0.1, 0.15) is 15.9 Å². The molecule has 3 aromatic rings. The second kappa shape index (κ2) is 8.61. The van der Waals surface area contributed by atoms with Gasteiger partial charge in [-0.2, -0.15) is 0 Å². The molecule has 2 aromatic carbocycles. The molecule has 2 heterocycles. The van der Waals surface area contributed by atoms with E-state index in [4.69, 9.17) is 0 Å². The molecule has 8 heteroatoms. The Bertz CT molecular complexity index is 998. The van der Waals surface area contributed by atoms with Crippen molar-refractivity contribution < 1.29 is 13.6 Å². The maximum Gasteiger partial charge on any atom is 0.254 e. The van der Waals surface area contributed by atoms with E-state index < -0.39 is 11.6 Å². The molecule has 0 aliphatic carbocycles. The normalized spacial score (nSPS) is 13.9. The fourth-order valence-electron chi connectivity index (χ4n) is 3.36. The molecule has 1 fully saturated rings. The molecule has 0 unspecified atom stereocenters. The second-order valence-corrected chi connectivity index (χ2v) is 6.84. The molecule has 1 aromatic heterocycles. The Hall–Kier alpha value is -2.93. The standard InChI is InChI=1S/C21H20F2N4O.ClH/c1-15-2-5-17(6-3-15)27-9-8-24-21(27)26-12-10-25(11-13-26)20(28)16-4-7-18(22)19(23)14-16;/h2-9,14H,10-13H2,1H3;1H. The number of aromatic nitrogens is 2. The average molecular weight is 419 g/mol. The van der Waals surface area contributed by atoms with Gasteiger partial charge in [0.05, 0.1) is 0 Å². The number of carbonyl (C=O) groups is 1. The van der Waals surface area contributed by atoms with Gasteiger partial charge in [0, 0.05) is 49.8 Å². The molecule has 0 N–H and O–H groups in total. The van der Waals surface area contributed by atoms with Crippen LogP contribution in [0.4, 0.5) is 14.7 Å². The Kier molecular flexibility index (Phi) is 6.17. The zero-order chi connectivity index (χ0) is 19.7. The van der Waals surface area contributed by atoms with Gasteiger partial charge in [0.2, 0.25) is 5.95 Å². The Morgan fingerprint density at radius 3 is 2.31 bits per heavy atom. The summed E-state index contributed by atoms with van der Waals surface area (Å²) in [4.78, 5) is 20.8. The Morgan fingerprint density at radius 2 is 1.66 bits per heavy atom. The van der Waals surface area contributed by atoms with Gasteiger partial charge < -0.3 is 9.80 Å². The van der Waals surface area contributed by atoms with Crippen LogP contribution in [-0.4, -0.2) is 46.5 Å². The van der Waals surface area contributed by atoms with Crippen LogP contribution in [0.25, 0.3) is 5.69 Å². The third-order valence-corrected chi connectivity index (χ3v) is 4.95. The maximum absolute atomic E-state index is 13.4. The van der Waals surface area contributed by atoms with Gasteiger partial charge in [0.1, 0.15) is 0 Å². The fraction of sp³-hybridized carbons (Fsp3) is 0.238. The third kappa shape index (κ3) is 4.24. The Labute approximate surface area is 174 Å². The Morgan fingerprint density at radius 1 is 0.966 bits per heavy atom. The molecule has 1 aliphatic heterocycles. The number of benzene rings is 2. The van der Waals surface area contributed by atoms with Crippen LogP contribution >= 0.6 is 12.4 Å². The second-order valence-electron chi connectivity index (χ2n) is 6.84. The molecule has 0 radical (unpaired) electrons. The quantitative estimate of drug-likeness (QED) is 0.649. The number of imidazole rings is 1. The van der Waals surface area contributed by atoms with E-state index in [9.17, 15) is 13.6 Å². The molecule has 1 amide bonds. The van der Waals surface area contributed by atoms with Crippen LogP contribution in [0.5, 0.6) is 0 Å². The van der Waals surface area contributed by atoms with Gasteiger partial charge in [-0.15, -0.1) is 12.4 Å². The largest absolute Gasteiger partial charge is 0.338 e. The van der Waals surface area contributed by atoms with Crippen molar-refractivity contribution >= 4 is 24.3 Å². The van der Waals surface area contributed by atoms with Crippen molar-refractivity contribution in [2.24, 2.45) is 0 Å². The van der Waals surface area contributed by atoms with Gasteiger partial charge in [-0.05, 0) is 37.3 Å². The summed E-state index contributed by atoms with van der Waals surface area (Å²) in [7, 11) is 0. The molecule has 1 aliphatic rings. The number of nitrogens with zero attached hydrogens (tertiary/aromatic N) is 4. The number of carbonyl (C=O) groups excluding carboxylic acids is 1. The monoisotopic (exact) mass is 418 g/mol. The lowest BCUT2D eigenvalue weighted by molar-refractivity contribution is 0.0745. The highest BCUT2D eigenvalue weighted by atomic mass is 35.5. The van der Waals surface area contributed by atoms with E-state index in [2.05, 4.69) is 22.0 Å². The number of halogens is 3. The van der Waals surface area contributed by atoms with Gasteiger partial charge >= 0.3 is 0 Å². The zero-order valence-electron chi connectivity index (χ0n) is 15.9. The molecule has 0 bridgehead atoms. The summed E-state index contributed by atoms with van der Waals surface area (Å²) in [6.07, 6.45) is 3.67. The van der Waals surface area contributed by atoms with Crippen LogP contribution in [0.3, 0.4) is 0 Å². The van der Waals surface area contributed by atoms with E-state index in [1.54, 1.807) is 11.1 Å². The van der Waals surface area contributed by atoms with E-state index in [1.165, 1.54) is 11.6 Å². The van der Waals surface area contributed by atoms with Crippen LogP contribution in [0, 0.1) is 18.6 Å². The van der Waals surface area contributed by atoms with Crippen molar-refractivity contribution in [3.63, 3.8) is 0 Å². The summed E-state index contributed by atoms with van der Waals surface area (Å²) in [5, 5.41) is 0. The molecule has 0 atom stereocenters. The first kappa shape index (κ1) is 20.8. The van der Waals surface area contributed by atoms with Crippen molar-refractivity contribution in [3.05, 3.63) is 77.6 Å². The lowest BCUT2D eigenvalue weighted by Gasteiger charge is -2.35. The van der Waals surface area contributed by atoms with Gasteiger partial charge in [0.15, 0.2) is 11.6 Å². The van der Waals surface area contributed by atoms with Crippen molar-refractivity contribution in [2.45, 2.75) is 6.92 Å².